The molecule has 7 heteroatoms. The Labute approximate surface area is 78.5 Å². The summed E-state index contributed by atoms with van der Waals surface area (Å²) in [6.07, 6.45) is -4.72. The van der Waals surface area contributed by atoms with Crippen LogP contribution in [0.2, 0.25) is 0 Å². The van der Waals surface area contributed by atoms with Crippen LogP contribution in [0.3, 0.4) is 0 Å². The minimum absolute atomic E-state index is 0.127. The third-order valence-corrected chi connectivity index (χ3v) is 2.04. The third-order valence-electron chi connectivity index (χ3n) is 2.04. The van der Waals surface area contributed by atoms with Crippen LogP contribution in [0.4, 0.5) is 13.2 Å². The predicted octanol–water partition coefficient (Wildman–Crippen LogP) is -0.611. The van der Waals surface area contributed by atoms with E-state index in [9.17, 15) is 23.1 Å². The highest BCUT2D eigenvalue weighted by molar-refractivity contribution is 5.81. The van der Waals surface area contributed by atoms with Gasteiger partial charge in [-0.3, -0.25) is 4.79 Å². The van der Waals surface area contributed by atoms with E-state index in [0.717, 1.165) is 0 Å². The number of carbonyl (C=O) groups is 1. The summed E-state index contributed by atoms with van der Waals surface area (Å²) in [5.74, 6) is -1.96. The van der Waals surface area contributed by atoms with Gasteiger partial charge in [0, 0.05) is 19.6 Å². The first-order valence-corrected chi connectivity index (χ1v) is 4.12. The molecule has 0 saturated carbocycles. The van der Waals surface area contributed by atoms with Gasteiger partial charge in [-0.05, 0) is 6.42 Å². The van der Waals surface area contributed by atoms with E-state index in [2.05, 4.69) is 5.32 Å². The van der Waals surface area contributed by atoms with E-state index in [4.69, 9.17) is 0 Å². The maximum atomic E-state index is 11.7. The molecule has 4 nitrogen and oxygen atoms in total. The van der Waals surface area contributed by atoms with Gasteiger partial charge in [0.2, 0.25) is 0 Å². The summed E-state index contributed by atoms with van der Waals surface area (Å²) in [5, 5.41) is 13.9. The molecule has 0 atom stereocenters. The fourth-order valence-electron chi connectivity index (χ4n) is 1.10. The number of halogens is 3. The summed E-state index contributed by atoms with van der Waals surface area (Å²) >= 11 is 0. The van der Waals surface area contributed by atoms with Gasteiger partial charge in [-0.2, -0.15) is 13.2 Å². The number of carbonyl (C=O) groups excluding carboxylic acids is 1. The average molecular weight is 212 g/mol. The van der Waals surface area contributed by atoms with Gasteiger partial charge in [0.15, 0.2) is 0 Å². The van der Waals surface area contributed by atoms with Crippen LogP contribution in [0.5, 0.6) is 0 Å². The lowest BCUT2D eigenvalue weighted by atomic mass is 9.93. The van der Waals surface area contributed by atoms with Gasteiger partial charge in [0.25, 0.3) is 0 Å². The molecule has 14 heavy (non-hydrogen) atoms. The first kappa shape index (κ1) is 11.3. The van der Waals surface area contributed by atoms with E-state index in [1.807, 2.05) is 0 Å². The van der Waals surface area contributed by atoms with Gasteiger partial charge >= 0.3 is 12.1 Å². The molecule has 1 rings (SSSR count). The zero-order valence-electron chi connectivity index (χ0n) is 7.32. The number of hydrogen-bond donors (Lipinski definition) is 3. The van der Waals surface area contributed by atoms with Crippen LogP contribution in [-0.2, 0) is 4.79 Å². The SMILES string of the molecule is O=C(NCCC1(O)CNC1)C(F)(F)F. The molecular weight excluding hydrogens is 201 g/mol. The zero-order chi connectivity index (χ0) is 10.8. The number of alkyl halides is 3. The number of amides is 1. The fourth-order valence-corrected chi connectivity index (χ4v) is 1.10. The highest BCUT2D eigenvalue weighted by Gasteiger charge is 2.39. The Bertz CT molecular complexity index is 225. The molecule has 82 valence electrons. The molecule has 3 N–H and O–H groups in total. The molecular formula is C7H11F3N2O2. The molecule has 1 saturated heterocycles. The van der Waals surface area contributed by atoms with E-state index in [0.29, 0.717) is 13.1 Å². The minimum atomic E-state index is -4.85. The molecule has 0 unspecified atom stereocenters. The molecule has 0 spiro atoms. The Balaban J connectivity index is 2.18. The van der Waals surface area contributed by atoms with Crippen molar-refractivity contribution >= 4 is 5.91 Å². The minimum Gasteiger partial charge on any atom is -0.387 e. The molecule has 0 aromatic rings. The predicted molar refractivity (Wildman–Crippen MR) is 41.5 cm³/mol. The molecule has 0 bridgehead atoms. The molecule has 1 aliphatic heterocycles. The van der Waals surface area contributed by atoms with E-state index < -0.39 is 17.7 Å². The molecule has 1 aliphatic rings. The number of hydrogen-bond acceptors (Lipinski definition) is 3. The van der Waals surface area contributed by atoms with Crippen molar-refractivity contribution < 1.29 is 23.1 Å². The number of β-amino-alcohol motifs (C(OH)–C–C–N with tert-alkyl or cyclic N) is 1. The van der Waals surface area contributed by atoms with Crippen molar-refractivity contribution in [1.29, 1.82) is 0 Å². The van der Waals surface area contributed by atoms with Crippen LogP contribution in [0.15, 0.2) is 0 Å². The lowest BCUT2D eigenvalue weighted by molar-refractivity contribution is -0.173. The number of nitrogens with one attached hydrogen (secondary N) is 2. The van der Waals surface area contributed by atoms with Gasteiger partial charge in [0.05, 0.1) is 5.60 Å². The monoisotopic (exact) mass is 212 g/mol. The van der Waals surface area contributed by atoms with Crippen LogP contribution >= 0.6 is 0 Å². The van der Waals surface area contributed by atoms with Crippen LogP contribution in [0.25, 0.3) is 0 Å². The van der Waals surface area contributed by atoms with Crippen LogP contribution in [0.1, 0.15) is 6.42 Å². The molecule has 0 aliphatic carbocycles. The second kappa shape index (κ2) is 3.74. The maximum Gasteiger partial charge on any atom is 0.471 e. The summed E-state index contributed by atoms with van der Waals surface area (Å²) in [7, 11) is 0. The molecule has 1 heterocycles. The van der Waals surface area contributed by atoms with Crippen molar-refractivity contribution in [3.8, 4) is 0 Å². The van der Waals surface area contributed by atoms with E-state index in [1.165, 1.54) is 0 Å². The highest BCUT2D eigenvalue weighted by Crippen LogP contribution is 2.16. The Morgan fingerprint density at radius 1 is 1.50 bits per heavy atom. The third kappa shape index (κ3) is 2.85. The second-order valence-corrected chi connectivity index (χ2v) is 3.33. The Hall–Kier alpha value is -0.820. The van der Waals surface area contributed by atoms with Gasteiger partial charge in [-0.15, -0.1) is 0 Å². The summed E-state index contributed by atoms with van der Waals surface area (Å²) in [6, 6.07) is 0. The standard InChI is InChI=1S/C7H11F3N2O2/c8-7(9,10)5(13)12-2-1-6(14)3-11-4-6/h11,14H,1-4H2,(H,12,13). The maximum absolute atomic E-state index is 11.7. The lowest BCUT2D eigenvalue weighted by Crippen LogP contribution is -2.60. The zero-order valence-corrected chi connectivity index (χ0v) is 7.32. The molecule has 0 radical (unpaired) electrons. The Kier molecular flexibility index (Phi) is 3.01. The van der Waals surface area contributed by atoms with Crippen molar-refractivity contribution in [3.05, 3.63) is 0 Å². The lowest BCUT2D eigenvalue weighted by Gasteiger charge is -2.37. The van der Waals surface area contributed by atoms with Crippen molar-refractivity contribution in [2.24, 2.45) is 0 Å². The van der Waals surface area contributed by atoms with Crippen LogP contribution in [-0.4, -0.2) is 42.4 Å². The Morgan fingerprint density at radius 2 is 2.07 bits per heavy atom. The van der Waals surface area contributed by atoms with Gasteiger partial charge < -0.3 is 15.7 Å². The van der Waals surface area contributed by atoms with Gasteiger partial charge in [-0.25, -0.2) is 0 Å². The van der Waals surface area contributed by atoms with Gasteiger partial charge in [0.1, 0.15) is 0 Å². The largest absolute Gasteiger partial charge is 0.471 e. The van der Waals surface area contributed by atoms with E-state index in [-0.39, 0.29) is 13.0 Å². The van der Waals surface area contributed by atoms with Crippen molar-refractivity contribution in [3.63, 3.8) is 0 Å². The van der Waals surface area contributed by atoms with Gasteiger partial charge in [-0.1, -0.05) is 0 Å². The van der Waals surface area contributed by atoms with Crippen molar-refractivity contribution in [2.75, 3.05) is 19.6 Å². The smallest absolute Gasteiger partial charge is 0.387 e. The molecule has 0 aromatic heterocycles. The first-order valence-electron chi connectivity index (χ1n) is 4.12. The summed E-state index contributed by atoms with van der Waals surface area (Å²) in [5.41, 5.74) is -0.959. The fraction of sp³-hybridized carbons (Fsp3) is 0.857. The summed E-state index contributed by atoms with van der Waals surface area (Å²) < 4.78 is 35.0. The second-order valence-electron chi connectivity index (χ2n) is 3.33. The highest BCUT2D eigenvalue weighted by atomic mass is 19.4. The molecule has 1 amide bonds. The topological polar surface area (TPSA) is 61.4 Å². The van der Waals surface area contributed by atoms with E-state index in [1.54, 1.807) is 5.32 Å². The molecule has 0 aromatic carbocycles. The Morgan fingerprint density at radius 3 is 2.43 bits per heavy atom. The average Bonchev–Trinajstić information content (AvgIpc) is 1.99. The van der Waals surface area contributed by atoms with Crippen molar-refractivity contribution in [1.82, 2.24) is 10.6 Å². The van der Waals surface area contributed by atoms with Crippen molar-refractivity contribution in [2.45, 2.75) is 18.2 Å². The molecule has 1 fully saturated rings. The number of aliphatic hydroxyl groups is 1. The quantitative estimate of drug-likeness (QED) is 0.584. The number of rotatable bonds is 3. The first-order chi connectivity index (χ1) is 6.33. The van der Waals surface area contributed by atoms with Crippen LogP contribution in [0, 0.1) is 0 Å². The summed E-state index contributed by atoms with van der Waals surface area (Å²) in [4.78, 5) is 10.3. The van der Waals surface area contributed by atoms with E-state index >= 15 is 0 Å². The summed E-state index contributed by atoms with van der Waals surface area (Å²) in [6.45, 7) is 0.542. The normalized spacial score (nSPS) is 20.0. The van der Waals surface area contributed by atoms with Crippen LogP contribution < -0.4 is 10.6 Å².